The van der Waals surface area contributed by atoms with Crippen LogP contribution in [0.25, 0.3) is 11.0 Å². The summed E-state index contributed by atoms with van der Waals surface area (Å²) in [5.41, 5.74) is 3.21. The highest BCUT2D eigenvalue weighted by Crippen LogP contribution is 2.19. The molecule has 1 aliphatic rings. The Morgan fingerprint density at radius 2 is 2.28 bits per heavy atom. The van der Waals surface area contributed by atoms with Gasteiger partial charge in [0.15, 0.2) is 0 Å². The highest BCUT2D eigenvalue weighted by molar-refractivity contribution is 5.78. The van der Waals surface area contributed by atoms with Crippen LogP contribution in [0.15, 0.2) is 36.8 Å². The van der Waals surface area contributed by atoms with Crippen LogP contribution < -0.4 is 5.32 Å². The summed E-state index contributed by atoms with van der Waals surface area (Å²) >= 11 is 0. The summed E-state index contributed by atoms with van der Waals surface area (Å²) < 4.78 is 2.03. The van der Waals surface area contributed by atoms with Gasteiger partial charge in [-0.3, -0.25) is 4.79 Å². The molecule has 0 bridgehead atoms. The highest BCUT2D eigenvalue weighted by Gasteiger charge is 2.21. The second-order valence-electron chi connectivity index (χ2n) is 6.57. The van der Waals surface area contributed by atoms with Crippen molar-refractivity contribution in [3.8, 4) is 0 Å². The number of rotatable bonds is 4. The molecule has 6 heteroatoms. The normalized spacial score (nSPS) is 16.6. The summed E-state index contributed by atoms with van der Waals surface area (Å²) in [7, 11) is 0. The number of nitrogens with zero attached hydrogens (tertiary/aromatic N) is 4. The maximum Gasteiger partial charge on any atom is 0.222 e. The van der Waals surface area contributed by atoms with Crippen LogP contribution in [0.2, 0.25) is 0 Å². The fraction of sp³-hybridized carbons (Fsp3) is 0.368. The monoisotopic (exact) mass is 335 g/mol. The third-order valence-corrected chi connectivity index (χ3v) is 4.74. The van der Waals surface area contributed by atoms with E-state index < -0.39 is 0 Å². The zero-order valence-electron chi connectivity index (χ0n) is 14.3. The van der Waals surface area contributed by atoms with Crippen LogP contribution >= 0.6 is 0 Å². The van der Waals surface area contributed by atoms with Crippen molar-refractivity contribution >= 4 is 16.9 Å². The molecular formula is C19H21N5O. The second-order valence-corrected chi connectivity index (χ2v) is 6.57. The Hall–Kier alpha value is -2.76. The summed E-state index contributed by atoms with van der Waals surface area (Å²) in [6.07, 6.45) is 8.76. The zero-order valence-corrected chi connectivity index (χ0v) is 14.3. The van der Waals surface area contributed by atoms with E-state index in [0.717, 1.165) is 47.4 Å². The Morgan fingerprint density at radius 1 is 1.36 bits per heavy atom. The summed E-state index contributed by atoms with van der Waals surface area (Å²) in [5, 5.41) is 4.26. The van der Waals surface area contributed by atoms with Gasteiger partial charge in [0.05, 0.1) is 0 Å². The molecule has 0 spiro atoms. The lowest BCUT2D eigenvalue weighted by atomic mass is 9.92. The molecule has 4 rings (SSSR count). The van der Waals surface area contributed by atoms with Gasteiger partial charge in [0.25, 0.3) is 0 Å². The van der Waals surface area contributed by atoms with Crippen molar-refractivity contribution in [3.63, 3.8) is 0 Å². The number of aryl methyl sites for hydroxylation is 3. The third-order valence-electron chi connectivity index (χ3n) is 4.74. The largest absolute Gasteiger partial charge is 0.353 e. The van der Waals surface area contributed by atoms with Gasteiger partial charge < -0.3 is 9.88 Å². The summed E-state index contributed by atoms with van der Waals surface area (Å²) in [6, 6.07) is 6.15. The molecule has 128 valence electrons. The smallest absolute Gasteiger partial charge is 0.222 e. The van der Waals surface area contributed by atoms with Gasteiger partial charge in [0, 0.05) is 48.7 Å². The number of aromatic nitrogens is 4. The molecule has 1 atom stereocenters. The Bertz CT molecular complexity index is 917. The molecule has 0 saturated carbocycles. The van der Waals surface area contributed by atoms with E-state index in [1.54, 1.807) is 6.20 Å². The average molecular weight is 335 g/mol. The van der Waals surface area contributed by atoms with E-state index in [4.69, 9.17) is 0 Å². The quantitative estimate of drug-likeness (QED) is 0.793. The van der Waals surface area contributed by atoms with E-state index in [1.807, 2.05) is 42.1 Å². The van der Waals surface area contributed by atoms with Crippen molar-refractivity contribution in [1.82, 2.24) is 24.8 Å². The second kappa shape index (κ2) is 6.63. The molecule has 6 nitrogen and oxygen atoms in total. The fourth-order valence-corrected chi connectivity index (χ4v) is 3.45. The fourth-order valence-electron chi connectivity index (χ4n) is 3.45. The van der Waals surface area contributed by atoms with Gasteiger partial charge in [0.1, 0.15) is 11.5 Å². The summed E-state index contributed by atoms with van der Waals surface area (Å²) in [5.74, 6) is 0.896. The first kappa shape index (κ1) is 15.7. The van der Waals surface area contributed by atoms with Gasteiger partial charge in [-0.05, 0) is 49.9 Å². The van der Waals surface area contributed by atoms with E-state index in [-0.39, 0.29) is 11.9 Å². The molecule has 0 aliphatic heterocycles. The van der Waals surface area contributed by atoms with Crippen LogP contribution in [0.5, 0.6) is 0 Å². The Labute approximate surface area is 146 Å². The van der Waals surface area contributed by atoms with Gasteiger partial charge in [-0.25, -0.2) is 15.0 Å². The minimum absolute atomic E-state index is 0.0826. The van der Waals surface area contributed by atoms with Crippen LogP contribution in [0.4, 0.5) is 0 Å². The SMILES string of the molecule is Cc1ncc2c(n1)CCC(NC(=O)CCn1ccc3cccnc31)C2. The average Bonchev–Trinajstić information content (AvgIpc) is 3.03. The van der Waals surface area contributed by atoms with Gasteiger partial charge >= 0.3 is 0 Å². The lowest BCUT2D eigenvalue weighted by Gasteiger charge is -2.24. The number of fused-ring (bicyclic) bond motifs is 2. The summed E-state index contributed by atoms with van der Waals surface area (Å²) in [6.45, 7) is 2.55. The number of carbonyl (C=O) groups is 1. The predicted molar refractivity (Wildman–Crippen MR) is 95.1 cm³/mol. The maximum absolute atomic E-state index is 12.3. The topological polar surface area (TPSA) is 72.7 Å². The van der Waals surface area contributed by atoms with Crippen LogP contribution in [-0.4, -0.2) is 31.5 Å². The molecule has 1 amide bonds. The number of pyridine rings is 1. The van der Waals surface area contributed by atoms with Gasteiger partial charge in [-0.2, -0.15) is 0 Å². The number of nitrogens with one attached hydrogen (secondary N) is 1. The molecule has 1 aliphatic carbocycles. The lowest BCUT2D eigenvalue weighted by Crippen LogP contribution is -2.39. The Kier molecular flexibility index (Phi) is 4.17. The zero-order chi connectivity index (χ0) is 17.2. The highest BCUT2D eigenvalue weighted by atomic mass is 16.1. The summed E-state index contributed by atoms with van der Waals surface area (Å²) in [4.78, 5) is 25.5. The standard InChI is InChI=1S/C19H21N5O/c1-13-21-12-15-11-16(4-5-17(15)22-13)23-18(25)7-10-24-9-6-14-3-2-8-20-19(14)24/h2-3,6,8-9,12,16H,4-5,7,10-11H2,1H3,(H,23,25). The van der Waals surface area contributed by atoms with Crippen LogP contribution in [0.1, 0.15) is 29.9 Å². The third kappa shape index (κ3) is 3.38. The first-order valence-electron chi connectivity index (χ1n) is 8.69. The Balaban J connectivity index is 1.34. The van der Waals surface area contributed by atoms with Crippen molar-refractivity contribution in [2.24, 2.45) is 0 Å². The minimum atomic E-state index is 0.0826. The van der Waals surface area contributed by atoms with E-state index in [9.17, 15) is 4.79 Å². The van der Waals surface area contributed by atoms with Crippen LogP contribution in [0.3, 0.4) is 0 Å². The van der Waals surface area contributed by atoms with Crippen molar-refractivity contribution in [2.45, 2.75) is 45.2 Å². The first-order valence-corrected chi connectivity index (χ1v) is 8.69. The van der Waals surface area contributed by atoms with E-state index in [1.165, 1.54) is 0 Å². The van der Waals surface area contributed by atoms with E-state index >= 15 is 0 Å². The molecule has 3 aromatic heterocycles. The van der Waals surface area contributed by atoms with Crippen molar-refractivity contribution in [1.29, 1.82) is 0 Å². The van der Waals surface area contributed by atoms with Crippen molar-refractivity contribution in [3.05, 3.63) is 53.9 Å². The molecule has 3 heterocycles. The molecule has 0 radical (unpaired) electrons. The molecule has 25 heavy (non-hydrogen) atoms. The predicted octanol–water partition coefficient (Wildman–Crippen LogP) is 2.20. The molecule has 0 fully saturated rings. The lowest BCUT2D eigenvalue weighted by molar-refractivity contribution is -0.122. The maximum atomic E-state index is 12.3. The van der Waals surface area contributed by atoms with Gasteiger partial charge in [-0.1, -0.05) is 0 Å². The number of carbonyl (C=O) groups excluding carboxylic acids is 1. The minimum Gasteiger partial charge on any atom is -0.353 e. The van der Waals surface area contributed by atoms with Crippen LogP contribution in [0, 0.1) is 6.92 Å². The molecule has 0 aromatic carbocycles. The van der Waals surface area contributed by atoms with Crippen LogP contribution in [-0.2, 0) is 24.2 Å². The number of amides is 1. The van der Waals surface area contributed by atoms with E-state index in [2.05, 4.69) is 20.3 Å². The first-order chi connectivity index (χ1) is 12.2. The molecule has 3 aromatic rings. The molecule has 0 saturated heterocycles. The number of hydrogen-bond acceptors (Lipinski definition) is 4. The van der Waals surface area contributed by atoms with Gasteiger partial charge in [0.2, 0.25) is 5.91 Å². The Morgan fingerprint density at radius 3 is 3.20 bits per heavy atom. The molecular weight excluding hydrogens is 314 g/mol. The molecule has 1 N–H and O–H groups in total. The molecule has 1 unspecified atom stereocenters. The number of hydrogen-bond donors (Lipinski definition) is 1. The van der Waals surface area contributed by atoms with Crippen molar-refractivity contribution in [2.75, 3.05) is 0 Å². The van der Waals surface area contributed by atoms with Gasteiger partial charge in [-0.15, -0.1) is 0 Å². The van der Waals surface area contributed by atoms with E-state index in [0.29, 0.717) is 13.0 Å². The van der Waals surface area contributed by atoms with Crippen molar-refractivity contribution < 1.29 is 4.79 Å².